The van der Waals surface area contributed by atoms with Crippen molar-refractivity contribution in [2.75, 3.05) is 6.54 Å². The zero-order valence-electron chi connectivity index (χ0n) is 15.4. The van der Waals surface area contributed by atoms with Crippen molar-refractivity contribution < 1.29 is 9.72 Å². The molecule has 2 heterocycles. The Kier molecular flexibility index (Phi) is 4.60. The lowest BCUT2D eigenvalue weighted by molar-refractivity contribution is -0.384. The van der Waals surface area contributed by atoms with Crippen LogP contribution in [0.25, 0.3) is 5.69 Å². The number of hydrogen-bond acceptors (Lipinski definition) is 5. The molecule has 1 aliphatic heterocycles. The van der Waals surface area contributed by atoms with E-state index in [1.165, 1.54) is 35.0 Å². The highest BCUT2D eigenvalue weighted by atomic mass is 16.6. The van der Waals surface area contributed by atoms with Crippen molar-refractivity contribution >= 4 is 11.6 Å². The van der Waals surface area contributed by atoms with Crippen LogP contribution in [0.1, 0.15) is 40.4 Å². The lowest BCUT2D eigenvalue weighted by Gasteiger charge is -2.25. The maximum atomic E-state index is 13.1. The molecule has 0 bridgehead atoms. The van der Waals surface area contributed by atoms with Crippen molar-refractivity contribution in [2.24, 2.45) is 0 Å². The van der Waals surface area contributed by atoms with Crippen molar-refractivity contribution in [3.8, 4) is 5.69 Å². The van der Waals surface area contributed by atoms with Crippen LogP contribution in [0.15, 0.2) is 55.1 Å². The Balaban J connectivity index is 1.66. The van der Waals surface area contributed by atoms with Crippen LogP contribution in [0, 0.1) is 17.0 Å². The zero-order valence-corrected chi connectivity index (χ0v) is 15.4. The number of rotatable bonds is 4. The van der Waals surface area contributed by atoms with Crippen molar-refractivity contribution in [1.29, 1.82) is 0 Å². The predicted molar refractivity (Wildman–Crippen MR) is 102 cm³/mol. The van der Waals surface area contributed by atoms with E-state index < -0.39 is 4.92 Å². The van der Waals surface area contributed by atoms with Crippen LogP contribution in [-0.4, -0.2) is 37.0 Å². The first-order valence-corrected chi connectivity index (χ1v) is 9.05. The summed E-state index contributed by atoms with van der Waals surface area (Å²) in [6.07, 6.45) is 4.48. The van der Waals surface area contributed by atoms with Gasteiger partial charge >= 0.3 is 0 Å². The molecule has 28 heavy (non-hydrogen) atoms. The van der Waals surface area contributed by atoms with Gasteiger partial charge in [-0.05, 0) is 37.5 Å². The molecular formula is C20H19N5O3. The molecule has 0 N–H and O–H groups in total. The van der Waals surface area contributed by atoms with Gasteiger partial charge in [0, 0.05) is 18.2 Å². The maximum absolute atomic E-state index is 13.1. The first-order valence-electron chi connectivity index (χ1n) is 9.05. The number of nitro benzene ring substituents is 1. The average molecular weight is 377 g/mol. The Bertz CT molecular complexity index is 1010. The van der Waals surface area contributed by atoms with E-state index in [-0.39, 0.29) is 23.3 Å². The summed E-state index contributed by atoms with van der Waals surface area (Å²) in [5.74, 6) is -0.198. The van der Waals surface area contributed by atoms with Gasteiger partial charge in [0.1, 0.15) is 18.3 Å². The molecule has 1 aliphatic rings. The van der Waals surface area contributed by atoms with Gasteiger partial charge < -0.3 is 4.90 Å². The van der Waals surface area contributed by atoms with Gasteiger partial charge in [0.2, 0.25) is 0 Å². The molecule has 8 heteroatoms. The fourth-order valence-electron chi connectivity index (χ4n) is 3.64. The number of aryl methyl sites for hydroxylation is 1. The molecular weight excluding hydrogens is 358 g/mol. The van der Waals surface area contributed by atoms with Gasteiger partial charge in [-0.15, -0.1) is 0 Å². The van der Waals surface area contributed by atoms with Crippen molar-refractivity contribution in [3.63, 3.8) is 0 Å². The quantitative estimate of drug-likeness (QED) is 0.513. The zero-order chi connectivity index (χ0) is 19.7. The van der Waals surface area contributed by atoms with Crippen molar-refractivity contribution in [1.82, 2.24) is 19.7 Å². The fourth-order valence-corrected chi connectivity index (χ4v) is 3.64. The summed E-state index contributed by atoms with van der Waals surface area (Å²) in [5, 5.41) is 15.5. The minimum absolute atomic E-state index is 0.0119. The molecule has 2 aromatic carbocycles. The Labute approximate surface area is 161 Å². The smallest absolute Gasteiger partial charge is 0.295 e. The Morgan fingerprint density at radius 2 is 2.00 bits per heavy atom. The predicted octanol–water partition coefficient (Wildman–Crippen LogP) is 3.46. The van der Waals surface area contributed by atoms with Gasteiger partial charge in [-0.1, -0.05) is 29.8 Å². The average Bonchev–Trinajstić information content (AvgIpc) is 3.39. The monoisotopic (exact) mass is 377 g/mol. The summed E-state index contributed by atoms with van der Waals surface area (Å²) in [6, 6.07) is 12.6. The summed E-state index contributed by atoms with van der Waals surface area (Å²) in [5.41, 5.74) is 2.65. The topological polar surface area (TPSA) is 94.2 Å². The van der Waals surface area contributed by atoms with Crippen molar-refractivity contribution in [3.05, 3.63) is 81.9 Å². The molecule has 8 nitrogen and oxygen atoms in total. The van der Waals surface area contributed by atoms with E-state index in [0.717, 1.165) is 18.4 Å². The van der Waals surface area contributed by atoms with Crippen LogP contribution >= 0.6 is 0 Å². The molecule has 1 fully saturated rings. The number of aromatic nitrogens is 3. The Morgan fingerprint density at radius 3 is 2.68 bits per heavy atom. The van der Waals surface area contributed by atoms with E-state index in [9.17, 15) is 14.9 Å². The molecule has 1 atom stereocenters. The molecule has 0 saturated carbocycles. The Hall–Kier alpha value is -3.55. The van der Waals surface area contributed by atoms with Gasteiger partial charge in [0.05, 0.1) is 11.0 Å². The maximum Gasteiger partial charge on any atom is 0.295 e. The molecule has 0 radical (unpaired) electrons. The second-order valence-corrected chi connectivity index (χ2v) is 6.87. The number of nitrogens with zero attached hydrogens (tertiary/aromatic N) is 5. The van der Waals surface area contributed by atoms with E-state index >= 15 is 0 Å². The minimum atomic E-state index is -0.505. The van der Waals surface area contributed by atoms with Crippen molar-refractivity contribution in [2.45, 2.75) is 25.8 Å². The van der Waals surface area contributed by atoms with E-state index in [1.807, 2.05) is 31.2 Å². The number of carbonyl (C=O) groups excluding carboxylic acids is 1. The highest BCUT2D eigenvalue weighted by Gasteiger charge is 2.31. The third-order valence-corrected chi connectivity index (χ3v) is 5.06. The summed E-state index contributed by atoms with van der Waals surface area (Å²) < 4.78 is 1.32. The first kappa shape index (κ1) is 17.8. The summed E-state index contributed by atoms with van der Waals surface area (Å²) in [6.45, 7) is 2.66. The van der Waals surface area contributed by atoms with E-state index in [2.05, 4.69) is 10.1 Å². The van der Waals surface area contributed by atoms with Gasteiger partial charge in [0.25, 0.3) is 11.6 Å². The van der Waals surface area contributed by atoms with Gasteiger partial charge in [0.15, 0.2) is 0 Å². The number of nitro groups is 1. The van der Waals surface area contributed by atoms with E-state index in [0.29, 0.717) is 12.1 Å². The minimum Gasteiger partial charge on any atom is -0.332 e. The number of carbonyl (C=O) groups is 1. The summed E-state index contributed by atoms with van der Waals surface area (Å²) in [7, 11) is 0. The second-order valence-electron chi connectivity index (χ2n) is 6.87. The fraction of sp³-hybridized carbons (Fsp3) is 0.250. The molecule has 4 rings (SSSR count). The van der Waals surface area contributed by atoms with Crippen LogP contribution in [-0.2, 0) is 0 Å². The molecule has 1 unspecified atom stereocenters. The number of hydrogen-bond donors (Lipinski definition) is 0. The first-order chi connectivity index (χ1) is 13.5. The van der Waals surface area contributed by atoms with Crippen LogP contribution in [0.4, 0.5) is 5.69 Å². The molecule has 1 aromatic heterocycles. The SMILES string of the molecule is Cc1ccc(C2CCCN2C(=O)c2ccc(-n3cncn3)c([N+](=O)[O-])c2)cc1. The third kappa shape index (κ3) is 3.24. The van der Waals surface area contributed by atoms with E-state index in [4.69, 9.17) is 0 Å². The highest BCUT2D eigenvalue weighted by molar-refractivity contribution is 5.95. The van der Waals surface area contributed by atoms with Gasteiger partial charge in [-0.3, -0.25) is 14.9 Å². The number of likely N-dealkylation sites (tertiary alicyclic amines) is 1. The van der Waals surface area contributed by atoms with Crippen LogP contribution in [0.3, 0.4) is 0 Å². The van der Waals surface area contributed by atoms with E-state index in [1.54, 1.807) is 11.0 Å². The van der Waals surface area contributed by atoms with Crippen LogP contribution in [0.5, 0.6) is 0 Å². The third-order valence-electron chi connectivity index (χ3n) is 5.06. The standard InChI is InChI=1S/C20H19N5O3/c1-14-4-6-15(7-5-14)17-3-2-10-23(17)20(26)16-8-9-18(19(11-16)25(27)28)24-13-21-12-22-24/h4-9,11-13,17H,2-3,10H2,1H3. The second kappa shape index (κ2) is 7.22. The summed E-state index contributed by atoms with van der Waals surface area (Å²) in [4.78, 5) is 29.8. The molecule has 0 aliphatic carbocycles. The molecule has 3 aromatic rings. The molecule has 1 amide bonds. The largest absolute Gasteiger partial charge is 0.332 e. The Morgan fingerprint density at radius 1 is 1.21 bits per heavy atom. The lowest BCUT2D eigenvalue weighted by Crippen LogP contribution is -2.30. The number of benzene rings is 2. The van der Waals surface area contributed by atoms with Gasteiger partial charge in [-0.2, -0.15) is 5.10 Å². The molecule has 142 valence electrons. The highest BCUT2D eigenvalue weighted by Crippen LogP contribution is 2.34. The number of amides is 1. The van der Waals surface area contributed by atoms with Gasteiger partial charge in [-0.25, -0.2) is 9.67 Å². The normalized spacial score (nSPS) is 16.3. The molecule has 1 saturated heterocycles. The molecule has 0 spiro atoms. The van der Waals surface area contributed by atoms with Crippen LogP contribution < -0.4 is 0 Å². The van der Waals surface area contributed by atoms with Crippen LogP contribution in [0.2, 0.25) is 0 Å². The lowest BCUT2D eigenvalue weighted by atomic mass is 10.0. The summed E-state index contributed by atoms with van der Waals surface area (Å²) >= 11 is 0.